The Hall–Kier alpha value is -1.44. The van der Waals surface area contributed by atoms with Crippen molar-refractivity contribution >= 4 is 52.9 Å². The standard InChI is InChI=1S/C18H20ClN3O2S2/c1-5-21-15(23)14(16(24)22(6-2)18(21)20-10(3)4)17-25-12-8-7-11(19)9-13(12)26-17/h7-10H,5-6H2,1-4H3. The van der Waals surface area contributed by atoms with Gasteiger partial charge in [-0.05, 0) is 45.9 Å². The van der Waals surface area contributed by atoms with E-state index in [1.165, 1.54) is 23.5 Å². The highest BCUT2D eigenvalue weighted by Crippen LogP contribution is 2.53. The number of hydrogen-bond acceptors (Lipinski definition) is 5. The number of benzene rings is 1. The summed E-state index contributed by atoms with van der Waals surface area (Å²) < 4.78 is 0.706. The Balaban J connectivity index is 2.07. The highest BCUT2D eigenvalue weighted by atomic mass is 35.5. The zero-order valence-corrected chi connectivity index (χ0v) is 17.5. The Labute approximate surface area is 166 Å². The first kappa shape index (κ1) is 19.3. The molecular weight excluding hydrogens is 390 g/mol. The summed E-state index contributed by atoms with van der Waals surface area (Å²) in [6, 6.07) is 5.59. The number of carbonyl (C=O) groups is 2. The molecule has 8 heteroatoms. The van der Waals surface area contributed by atoms with Gasteiger partial charge in [0.1, 0.15) is 5.57 Å². The van der Waals surface area contributed by atoms with Crippen molar-refractivity contribution in [2.24, 2.45) is 4.99 Å². The molecular formula is C18H20ClN3O2S2. The minimum absolute atomic E-state index is 0.00969. The minimum atomic E-state index is -0.282. The van der Waals surface area contributed by atoms with E-state index in [0.717, 1.165) is 9.79 Å². The van der Waals surface area contributed by atoms with Crippen LogP contribution in [-0.2, 0) is 9.59 Å². The van der Waals surface area contributed by atoms with Gasteiger partial charge in [-0.2, -0.15) is 0 Å². The van der Waals surface area contributed by atoms with Crippen LogP contribution in [0.2, 0.25) is 5.02 Å². The van der Waals surface area contributed by atoms with E-state index in [-0.39, 0.29) is 23.4 Å². The number of nitrogens with zero attached hydrogens (tertiary/aromatic N) is 3. The summed E-state index contributed by atoms with van der Waals surface area (Å²) in [6.07, 6.45) is 0. The summed E-state index contributed by atoms with van der Waals surface area (Å²) in [5.41, 5.74) is 0.221. The van der Waals surface area contributed by atoms with Crippen molar-refractivity contribution < 1.29 is 9.59 Å². The molecule has 26 heavy (non-hydrogen) atoms. The van der Waals surface area contributed by atoms with Crippen LogP contribution in [0.3, 0.4) is 0 Å². The second-order valence-corrected chi connectivity index (χ2v) is 8.88. The summed E-state index contributed by atoms with van der Waals surface area (Å²) >= 11 is 8.94. The number of thioether (sulfide) groups is 2. The number of likely N-dealkylation sites (N-methyl/N-ethyl adjacent to an activating group) is 2. The maximum atomic E-state index is 13.1. The van der Waals surface area contributed by atoms with Crippen molar-refractivity contribution in [2.45, 2.75) is 43.5 Å². The van der Waals surface area contributed by atoms with Gasteiger partial charge in [0.05, 0.1) is 4.24 Å². The Morgan fingerprint density at radius 2 is 1.62 bits per heavy atom. The number of fused-ring (bicyclic) bond motifs is 1. The molecule has 0 aliphatic carbocycles. The van der Waals surface area contributed by atoms with Crippen LogP contribution in [-0.4, -0.2) is 46.7 Å². The van der Waals surface area contributed by atoms with E-state index < -0.39 is 0 Å². The molecule has 0 aromatic heterocycles. The molecule has 2 amide bonds. The Bertz CT molecular complexity index is 808. The zero-order valence-electron chi connectivity index (χ0n) is 15.1. The Kier molecular flexibility index (Phi) is 5.69. The quantitative estimate of drug-likeness (QED) is 0.554. The minimum Gasteiger partial charge on any atom is -0.278 e. The molecule has 0 saturated carbocycles. The smallest absolute Gasteiger partial charge is 0.267 e. The first-order chi connectivity index (χ1) is 12.4. The fourth-order valence-electron chi connectivity index (χ4n) is 2.77. The van der Waals surface area contributed by atoms with Crippen LogP contribution in [0.15, 0.2) is 42.8 Å². The molecule has 1 aromatic rings. The number of guanidine groups is 1. The van der Waals surface area contributed by atoms with Gasteiger partial charge in [0, 0.05) is 33.9 Å². The van der Waals surface area contributed by atoms with Crippen LogP contribution in [0, 0.1) is 0 Å². The maximum absolute atomic E-state index is 13.1. The van der Waals surface area contributed by atoms with E-state index in [1.54, 1.807) is 9.80 Å². The van der Waals surface area contributed by atoms with Crippen molar-refractivity contribution in [1.29, 1.82) is 0 Å². The van der Waals surface area contributed by atoms with Gasteiger partial charge < -0.3 is 0 Å². The summed E-state index contributed by atoms with van der Waals surface area (Å²) in [6.45, 7) is 8.56. The van der Waals surface area contributed by atoms with Crippen molar-refractivity contribution in [3.63, 3.8) is 0 Å². The molecule has 2 aliphatic heterocycles. The molecule has 3 rings (SSSR count). The largest absolute Gasteiger partial charge is 0.278 e. The summed E-state index contributed by atoms with van der Waals surface area (Å²) in [5, 5.41) is 0.640. The third-order valence-corrected chi connectivity index (χ3v) is 6.70. The lowest BCUT2D eigenvalue weighted by Crippen LogP contribution is -2.57. The molecule has 0 atom stereocenters. The average Bonchev–Trinajstić information content (AvgIpc) is 2.97. The number of rotatable bonds is 3. The van der Waals surface area contributed by atoms with E-state index in [1.807, 2.05) is 45.9 Å². The predicted molar refractivity (Wildman–Crippen MR) is 108 cm³/mol. The number of aliphatic imine (C=N–C) groups is 1. The van der Waals surface area contributed by atoms with Crippen LogP contribution in [0.5, 0.6) is 0 Å². The molecule has 0 unspecified atom stereocenters. The third-order valence-electron chi connectivity index (χ3n) is 3.92. The molecule has 1 saturated heterocycles. The topological polar surface area (TPSA) is 53.0 Å². The number of halogens is 1. The van der Waals surface area contributed by atoms with E-state index in [0.29, 0.717) is 28.3 Å². The Morgan fingerprint density at radius 1 is 1.04 bits per heavy atom. The van der Waals surface area contributed by atoms with E-state index in [2.05, 4.69) is 4.99 Å². The van der Waals surface area contributed by atoms with Gasteiger partial charge in [0.25, 0.3) is 11.8 Å². The van der Waals surface area contributed by atoms with E-state index in [9.17, 15) is 9.59 Å². The molecule has 138 valence electrons. The van der Waals surface area contributed by atoms with Gasteiger partial charge in [-0.3, -0.25) is 19.4 Å². The molecule has 1 fully saturated rings. The molecule has 0 bridgehead atoms. The molecule has 0 spiro atoms. The predicted octanol–water partition coefficient (Wildman–Crippen LogP) is 4.22. The van der Waals surface area contributed by atoms with Crippen molar-refractivity contribution in [3.05, 3.63) is 33.0 Å². The van der Waals surface area contributed by atoms with Crippen LogP contribution in [0.4, 0.5) is 0 Å². The summed E-state index contributed by atoms with van der Waals surface area (Å²) in [5.74, 6) is -0.121. The molecule has 1 aromatic carbocycles. The number of amides is 2. The Morgan fingerprint density at radius 3 is 2.15 bits per heavy atom. The third kappa shape index (κ3) is 3.40. The van der Waals surface area contributed by atoms with E-state index in [4.69, 9.17) is 11.6 Å². The fourth-order valence-corrected chi connectivity index (χ4v) is 5.57. The van der Waals surface area contributed by atoms with E-state index >= 15 is 0 Å². The lowest BCUT2D eigenvalue weighted by atomic mass is 10.1. The van der Waals surface area contributed by atoms with Gasteiger partial charge in [-0.25, -0.2) is 4.99 Å². The van der Waals surface area contributed by atoms with Crippen molar-refractivity contribution in [3.8, 4) is 0 Å². The van der Waals surface area contributed by atoms with Crippen LogP contribution < -0.4 is 0 Å². The zero-order chi connectivity index (χ0) is 19.0. The maximum Gasteiger partial charge on any atom is 0.267 e. The van der Waals surface area contributed by atoms with Gasteiger partial charge in [-0.15, -0.1) is 0 Å². The van der Waals surface area contributed by atoms with Gasteiger partial charge in [-0.1, -0.05) is 35.1 Å². The second-order valence-electron chi connectivity index (χ2n) is 6.08. The van der Waals surface area contributed by atoms with Crippen LogP contribution >= 0.6 is 35.1 Å². The lowest BCUT2D eigenvalue weighted by Gasteiger charge is -2.37. The van der Waals surface area contributed by atoms with Gasteiger partial charge >= 0.3 is 0 Å². The SMILES string of the molecule is CCN1C(=O)C(=C2Sc3ccc(Cl)cc3S2)C(=O)N(CC)C1=NC(C)C. The van der Waals surface area contributed by atoms with Crippen LogP contribution in [0.25, 0.3) is 0 Å². The first-order valence-electron chi connectivity index (χ1n) is 8.48. The normalized spacial score (nSPS) is 17.5. The summed E-state index contributed by atoms with van der Waals surface area (Å²) in [4.78, 5) is 35.9. The molecule has 5 nitrogen and oxygen atoms in total. The second kappa shape index (κ2) is 7.66. The molecule has 0 radical (unpaired) electrons. The fraction of sp³-hybridized carbons (Fsp3) is 0.389. The highest BCUT2D eigenvalue weighted by molar-refractivity contribution is 8.24. The summed E-state index contributed by atoms with van der Waals surface area (Å²) in [7, 11) is 0. The highest BCUT2D eigenvalue weighted by Gasteiger charge is 2.42. The lowest BCUT2D eigenvalue weighted by molar-refractivity contribution is -0.133. The number of carbonyl (C=O) groups excluding carboxylic acids is 2. The average molecular weight is 410 g/mol. The monoisotopic (exact) mass is 409 g/mol. The molecule has 2 aliphatic rings. The first-order valence-corrected chi connectivity index (χ1v) is 10.5. The van der Waals surface area contributed by atoms with Crippen molar-refractivity contribution in [2.75, 3.05) is 13.1 Å². The number of hydrogen-bond donors (Lipinski definition) is 0. The van der Waals surface area contributed by atoms with Crippen LogP contribution in [0.1, 0.15) is 27.7 Å². The van der Waals surface area contributed by atoms with Crippen molar-refractivity contribution in [1.82, 2.24) is 9.80 Å². The van der Waals surface area contributed by atoms with Gasteiger partial charge in [0.15, 0.2) is 0 Å². The van der Waals surface area contributed by atoms with Gasteiger partial charge in [0.2, 0.25) is 5.96 Å². The molecule has 0 N–H and O–H groups in total. The molecule has 2 heterocycles.